The van der Waals surface area contributed by atoms with Gasteiger partial charge in [-0.05, 0) is 44.2 Å². The summed E-state index contributed by atoms with van der Waals surface area (Å²) < 4.78 is 7.29. The van der Waals surface area contributed by atoms with E-state index in [1.54, 1.807) is 18.2 Å². The summed E-state index contributed by atoms with van der Waals surface area (Å²) in [5, 5.41) is 20.4. The van der Waals surface area contributed by atoms with Gasteiger partial charge < -0.3 is 10.5 Å². The fourth-order valence-corrected chi connectivity index (χ4v) is 3.78. The molecular formula is C25H23N9O. The Morgan fingerprint density at radius 2 is 1.97 bits per heavy atom. The van der Waals surface area contributed by atoms with Crippen molar-refractivity contribution in [3.63, 3.8) is 0 Å². The molecule has 1 aromatic carbocycles. The normalized spacial score (nSPS) is 15.2. The summed E-state index contributed by atoms with van der Waals surface area (Å²) in [6.45, 7) is 4.18. The van der Waals surface area contributed by atoms with E-state index in [-0.39, 0.29) is 24.6 Å². The van der Waals surface area contributed by atoms with Crippen LogP contribution in [0.5, 0.6) is 6.01 Å². The zero-order valence-corrected chi connectivity index (χ0v) is 19.5. The fraction of sp³-hybridized carbons (Fsp3) is 0.200. The largest absolute Gasteiger partial charge is 0.456 e. The number of aromatic nitrogens is 5. The molecule has 174 valence electrons. The molecule has 1 aliphatic heterocycles. The molecule has 0 saturated heterocycles. The van der Waals surface area contributed by atoms with Gasteiger partial charge in [0.1, 0.15) is 6.61 Å². The molecule has 0 fully saturated rings. The van der Waals surface area contributed by atoms with Crippen LogP contribution in [0, 0.1) is 18.3 Å². The van der Waals surface area contributed by atoms with Crippen molar-refractivity contribution in [1.82, 2.24) is 29.6 Å². The molecule has 35 heavy (non-hydrogen) atoms. The minimum atomic E-state index is 0.138. The minimum Gasteiger partial charge on any atom is -0.456 e. The first-order valence-electron chi connectivity index (χ1n) is 11.0. The number of aryl methyl sites for hydroxylation is 1. The Hall–Kier alpha value is -4.78. The predicted molar refractivity (Wildman–Crippen MR) is 132 cm³/mol. The van der Waals surface area contributed by atoms with Gasteiger partial charge in [0, 0.05) is 18.3 Å². The van der Waals surface area contributed by atoms with E-state index in [2.05, 4.69) is 26.1 Å². The highest BCUT2D eigenvalue weighted by molar-refractivity contribution is 6.16. The van der Waals surface area contributed by atoms with Crippen LogP contribution in [0.2, 0.25) is 0 Å². The van der Waals surface area contributed by atoms with Crippen molar-refractivity contribution in [3.05, 3.63) is 77.1 Å². The number of hydrogen-bond donors (Lipinski definition) is 1. The summed E-state index contributed by atoms with van der Waals surface area (Å²) in [5.74, 6) is 0.138. The molecule has 3 aromatic heterocycles. The van der Waals surface area contributed by atoms with Crippen molar-refractivity contribution in [1.29, 1.82) is 5.26 Å². The second kappa shape index (κ2) is 8.87. The highest BCUT2D eigenvalue weighted by atomic mass is 16.5. The van der Waals surface area contributed by atoms with Crippen LogP contribution in [-0.2, 0) is 6.61 Å². The monoisotopic (exact) mass is 465 g/mol. The summed E-state index contributed by atoms with van der Waals surface area (Å²) in [6, 6.07) is 15.4. The van der Waals surface area contributed by atoms with Crippen molar-refractivity contribution in [2.24, 2.45) is 5.10 Å². The van der Waals surface area contributed by atoms with Crippen molar-refractivity contribution < 1.29 is 4.74 Å². The molecule has 5 rings (SSSR count). The molecule has 0 bridgehead atoms. The lowest BCUT2D eigenvalue weighted by atomic mass is 10.00. The molecule has 0 spiro atoms. The number of allylic oxidation sites excluding steroid dienone is 1. The SMILES string of the molecule is Cc1cccc(COc2nc3c(C4=NN(C)C(C)C=C4)c(-c4cccc(C#N)c4)nc(N)n3n2)n1. The van der Waals surface area contributed by atoms with E-state index in [1.165, 1.54) is 4.52 Å². The van der Waals surface area contributed by atoms with Crippen molar-refractivity contribution in [2.75, 3.05) is 12.8 Å². The van der Waals surface area contributed by atoms with E-state index < -0.39 is 0 Å². The van der Waals surface area contributed by atoms with Crippen molar-refractivity contribution in [2.45, 2.75) is 26.5 Å². The number of pyridine rings is 1. The first kappa shape index (κ1) is 22.0. The number of ether oxygens (including phenoxy) is 1. The first-order valence-corrected chi connectivity index (χ1v) is 11.0. The highest BCUT2D eigenvalue weighted by Crippen LogP contribution is 2.30. The van der Waals surface area contributed by atoms with Gasteiger partial charge in [0.15, 0.2) is 5.65 Å². The van der Waals surface area contributed by atoms with Crippen LogP contribution in [-0.4, -0.2) is 48.4 Å². The fourth-order valence-electron chi connectivity index (χ4n) is 3.78. The maximum absolute atomic E-state index is 9.41. The van der Waals surface area contributed by atoms with Gasteiger partial charge in [-0.3, -0.25) is 9.99 Å². The number of anilines is 1. The molecule has 10 nitrogen and oxygen atoms in total. The average molecular weight is 466 g/mol. The summed E-state index contributed by atoms with van der Waals surface area (Å²) in [7, 11) is 1.90. The lowest BCUT2D eigenvalue weighted by molar-refractivity contribution is 0.277. The van der Waals surface area contributed by atoms with Crippen LogP contribution < -0.4 is 10.5 Å². The van der Waals surface area contributed by atoms with Crippen molar-refractivity contribution >= 4 is 17.3 Å². The lowest BCUT2D eigenvalue weighted by Crippen LogP contribution is -2.27. The van der Waals surface area contributed by atoms with E-state index in [0.717, 1.165) is 17.0 Å². The molecule has 0 saturated carbocycles. The first-order chi connectivity index (χ1) is 16.9. The number of hydrogen-bond acceptors (Lipinski definition) is 9. The summed E-state index contributed by atoms with van der Waals surface area (Å²) in [6.07, 6.45) is 3.98. The molecule has 1 atom stereocenters. The predicted octanol–water partition coefficient (Wildman–Crippen LogP) is 3.12. The number of nitrogens with two attached hydrogens (primary N) is 1. The molecule has 1 aliphatic rings. The lowest BCUT2D eigenvalue weighted by Gasteiger charge is -2.24. The van der Waals surface area contributed by atoms with E-state index in [0.29, 0.717) is 28.2 Å². The smallest absolute Gasteiger partial charge is 0.336 e. The van der Waals surface area contributed by atoms with Gasteiger partial charge >= 0.3 is 6.01 Å². The third-order valence-electron chi connectivity index (χ3n) is 5.70. The number of nitriles is 1. The number of hydrazone groups is 1. The maximum Gasteiger partial charge on any atom is 0.336 e. The molecular weight excluding hydrogens is 442 g/mol. The zero-order chi connectivity index (χ0) is 24.5. The van der Waals surface area contributed by atoms with Crippen LogP contribution >= 0.6 is 0 Å². The van der Waals surface area contributed by atoms with Crippen LogP contribution in [0.1, 0.15) is 29.4 Å². The van der Waals surface area contributed by atoms with Crippen LogP contribution in [0.15, 0.2) is 59.7 Å². The quantitative estimate of drug-likeness (QED) is 0.476. The van der Waals surface area contributed by atoms with Crippen LogP contribution in [0.4, 0.5) is 5.95 Å². The number of fused-ring (bicyclic) bond motifs is 1. The number of rotatable bonds is 5. The third-order valence-corrected chi connectivity index (χ3v) is 5.70. The molecule has 0 amide bonds. The second-order valence-electron chi connectivity index (χ2n) is 8.23. The Balaban J connectivity index is 1.66. The molecule has 4 aromatic rings. The molecule has 0 aliphatic carbocycles. The molecule has 4 heterocycles. The van der Waals surface area contributed by atoms with E-state index in [1.807, 2.05) is 62.3 Å². The van der Waals surface area contributed by atoms with Crippen LogP contribution in [0.3, 0.4) is 0 Å². The van der Waals surface area contributed by atoms with Gasteiger partial charge in [0.05, 0.1) is 40.3 Å². The molecule has 10 heteroatoms. The van der Waals surface area contributed by atoms with Gasteiger partial charge in [-0.25, -0.2) is 4.98 Å². The topological polar surface area (TPSA) is 131 Å². The van der Waals surface area contributed by atoms with E-state index in [9.17, 15) is 5.26 Å². The second-order valence-corrected chi connectivity index (χ2v) is 8.23. The van der Waals surface area contributed by atoms with E-state index in [4.69, 9.17) is 15.6 Å². The van der Waals surface area contributed by atoms with Gasteiger partial charge in [-0.1, -0.05) is 24.3 Å². The molecule has 1 unspecified atom stereocenters. The van der Waals surface area contributed by atoms with Gasteiger partial charge in [0.25, 0.3) is 0 Å². The number of nitrogens with zero attached hydrogens (tertiary/aromatic N) is 8. The number of likely N-dealkylation sites (N-methyl/N-ethyl adjacent to an activating group) is 1. The Labute approximate surface area is 202 Å². The summed E-state index contributed by atoms with van der Waals surface area (Å²) >= 11 is 0. The van der Waals surface area contributed by atoms with Crippen LogP contribution in [0.25, 0.3) is 16.9 Å². The molecule has 0 radical (unpaired) electrons. The van der Waals surface area contributed by atoms with E-state index >= 15 is 0 Å². The molecule has 2 N–H and O–H groups in total. The highest BCUT2D eigenvalue weighted by Gasteiger charge is 2.24. The maximum atomic E-state index is 9.41. The summed E-state index contributed by atoms with van der Waals surface area (Å²) in [4.78, 5) is 13.7. The summed E-state index contributed by atoms with van der Waals surface area (Å²) in [5.41, 5.74) is 11.5. The van der Waals surface area contributed by atoms with Gasteiger partial charge in [-0.2, -0.15) is 19.9 Å². The Kier molecular flexibility index (Phi) is 5.58. The minimum absolute atomic E-state index is 0.138. The van der Waals surface area contributed by atoms with Gasteiger partial charge in [0.2, 0.25) is 5.95 Å². The number of nitrogen functional groups attached to an aromatic ring is 1. The Bertz CT molecular complexity index is 1530. The standard InChI is InChI=1S/C25H23N9O/c1-15-6-4-9-19(28-15)14-35-25-30-23-21(20-11-10-16(2)33(3)31-20)22(29-24(27)34(23)32-25)18-8-5-7-17(12-18)13-26/h4-12,16H,14H2,1-3H3,(H2,27,29). The third kappa shape index (κ3) is 4.27. The van der Waals surface area contributed by atoms with Gasteiger partial charge in [-0.15, -0.1) is 5.10 Å². The van der Waals surface area contributed by atoms with Crippen molar-refractivity contribution in [3.8, 4) is 23.3 Å². The Morgan fingerprint density at radius 1 is 1.14 bits per heavy atom. The zero-order valence-electron chi connectivity index (χ0n) is 19.5. The Morgan fingerprint density at radius 3 is 2.74 bits per heavy atom. The number of benzene rings is 1. The average Bonchev–Trinajstić information content (AvgIpc) is 3.29.